The fourth-order valence-corrected chi connectivity index (χ4v) is 4.03. The predicted molar refractivity (Wildman–Crippen MR) is 133 cm³/mol. The minimum absolute atomic E-state index is 0.0549. The molecule has 4 nitrogen and oxygen atoms in total. The molecular weight excluding hydrogens is 512 g/mol. The van der Waals surface area contributed by atoms with Crippen molar-refractivity contribution in [3.63, 3.8) is 0 Å². The fourth-order valence-electron chi connectivity index (χ4n) is 3.64. The van der Waals surface area contributed by atoms with Gasteiger partial charge < -0.3 is 9.30 Å². The summed E-state index contributed by atoms with van der Waals surface area (Å²) in [7, 11) is 0. The second kappa shape index (κ2) is 10.1. The van der Waals surface area contributed by atoms with Crippen LogP contribution in [0.2, 0.25) is 10.0 Å². The summed E-state index contributed by atoms with van der Waals surface area (Å²) in [5.74, 6) is 0.820. The number of nitriles is 1. The van der Waals surface area contributed by atoms with Gasteiger partial charge in [0.15, 0.2) is 0 Å². The first-order valence-electron chi connectivity index (χ1n) is 10.6. The van der Waals surface area contributed by atoms with Crippen molar-refractivity contribution in [2.24, 2.45) is 0 Å². The Bertz CT molecular complexity index is 1520. The van der Waals surface area contributed by atoms with Gasteiger partial charge in [0.1, 0.15) is 23.1 Å². The Hall–Kier alpha value is -3.73. The minimum atomic E-state index is -4.91. The Labute approximate surface area is 214 Å². The largest absolute Gasteiger partial charge is 0.457 e. The molecule has 1 aromatic heterocycles. The number of pyridine rings is 1. The van der Waals surface area contributed by atoms with E-state index >= 15 is 0 Å². The van der Waals surface area contributed by atoms with E-state index in [0.717, 1.165) is 16.2 Å². The lowest BCUT2D eigenvalue weighted by molar-refractivity contribution is -0.137. The number of rotatable bonds is 5. The molecule has 0 fully saturated rings. The van der Waals surface area contributed by atoms with Gasteiger partial charge in [-0.1, -0.05) is 53.0 Å². The highest BCUT2D eigenvalue weighted by atomic mass is 35.5. The van der Waals surface area contributed by atoms with Crippen LogP contribution in [0.15, 0.2) is 77.6 Å². The summed E-state index contributed by atoms with van der Waals surface area (Å²) in [5, 5.41) is 9.98. The molecule has 0 aliphatic carbocycles. The van der Waals surface area contributed by atoms with Gasteiger partial charge in [0.25, 0.3) is 5.56 Å². The number of benzene rings is 3. The van der Waals surface area contributed by atoms with Crippen molar-refractivity contribution in [1.29, 1.82) is 5.26 Å². The minimum Gasteiger partial charge on any atom is -0.457 e. The normalized spacial score (nSPS) is 11.2. The molecule has 4 aromatic rings. The van der Waals surface area contributed by atoms with E-state index in [0.29, 0.717) is 22.1 Å². The molecule has 3 aromatic carbocycles. The molecule has 0 saturated heterocycles. The molecule has 0 aliphatic rings. The molecule has 9 heteroatoms. The number of aromatic nitrogens is 1. The molecule has 0 bridgehead atoms. The van der Waals surface area contributed by atoms with Crippen LogP contribution in [0, 0.1) is 18.3 Å². The van der Waals surface area contributed by atoms with E-state index in [1.54, 1.807) is 36.4 Å². The summed E-state index contributed by atoms with van der Waals surface area (Å²) in [4.78, 5) is 13.1. The second-order valence-corrected chi connectivity index (χ2v) is 8.85. The number of hydrogen-bond donors (Lipinski definition) is 0. The smallest absolute Gasteiger partial charge is 0.417 e. The fraction of sp³-hybridized carbons (Fsp3) is 0.111. The molecule has 0 amide bonds. The van der Waals surface area contributed by atoms with Crippen molar-refractivity contribution >= 4 is 23.2 Å². The molecule has 1 heterocycles. The van der Waals surface area contributed by atoms with Crippen LogP contribution < -0.4 is 10.3 Å². The second-order valence-electron chi connectivity index (χ2n) is 8.00. The summed E-state index contributed by atoms with van der Waals surface area (Å²) < 4.78 is 48.2. The van der Waals surface area contributed by atoms with Crippen LogP contribution in [0.1, 0.15) is 22.3 Å². The van der Waals surface area contributed by atoms with Crippen LogP contribution in [0.25, 0.3) is 11.3 Å². The summed E-state index contributed by atoms with van der Waals surface area (Å²) in [6, 6.07) is 20.4. The molecule has 0 unspecified atom stereocenters. The van der Waals surface area contributed by atoms with Crippen molar-refractivity contribution < 1.29 is 17.9 Å². The number of hydrogen-bond acceptors (Lipinski definition) is 3. The van der Waals surface area contributed by atoms with E-state index in [9.17, 15) is 23.2 Å². The van der Waals surface area contributed by atoms with Crippen LogP contribution in [-0.4, -0.2) is 4.57 Å². The van der Waals surface area contributed by atoms with Gasteiger partial charge in [0.05, 0.1) is 22.8 Å². The van der Waals surface area contributed by atoms with Crippen LogP contribution >= 0.6 is 23.2 Å². The van der Waals surface area contributed by atoms with Crippen molar-refractivity contribution in [1.82, 2.24) is 4.57 Å². The van der Waals surface area contributed by atoms with Gasteiger partial charge in [-0.25, -0.2) is 0 Å². The molecule has 0 spiro atoms. The maximum absolute atomic E-state index is 13.8. The predicted octanol–water partition coefficient (Wildman–Crippen LogP) is 7.86. The Balaban J connectivity index is 1.85. The van der Waals surface area contributed by atoms with Gasteiger partial charge in [0, 0.05) is 16.7 Å². The van der Waals surface area contributed by atoms with Crippen LogP contribution in [0.5, 0.6) is 11.5 Å². The summed E-state index contributed by atoms with van der Waals surface area (Å²) in [6.45, 7) is 1.83. The van der Waals surface area contributed by atoms with E-state index in [-0.39, 0.29) is 22.8 Å². The molecule has 0 saturated carbocycles. The molecule has 0 aliphatic heterocycles. The number of halogens is 5. The average molecular weight is 529 g/mol. The highest BCUT2D eigenvalue weighted by molar-refractivity contribution is 6.33. The van der Waals surface area contributed by atoms with Crippen molar-refractivity contribution in [3.05, 3.63) is 115 Å². The highest BCUT2D eigenvalue weighted by Crippen LogP contribution is 2.37. The standard InChI is InChI=1S/C27H17Cl2F3N2O2/c1-16-2-4-17(5-3-16)15-34-25(13-23(27(30,31)32)22(14-33)26(34)35)21-11-10-20(12-24(21)29)36-19-8-6-18(28)7-9-19/h2-13H,15H2,1H3. The lowest BCUT2D eigenvalue weighted by Crippen LogP contribution is -2.28. The molecule has 0 N–H and O–H groups in total. The van der Waals surface area contributed by atoms with Crippen molar-refractivity contribution in [2.75, 3.05) is 0 Å². The zero-order chi connectivity index (χ0) is 26.0. The monoisotopic (exact) mass is 528 g/mol. The Morgan fingerprint density at radius 2 is 1.58 bits per heavy atom. The van der Waals surface area contributed by atoms with E-state index in [1.165, 1.54) is 24.3 Å². The first-order valence-corrected chi connectivity index (χ1v) is 11.4. The number of alkyl halides is 3. The van der Waals surface area contributed by atoms with Crippen LogP contribution in [0.3, 0.4) is 0 Å². The summed E-state index contributed by atoms with van der Waals surface area (Å²) in [6.07, 6.45) is -4.91. The molecule has 4 rings (SSSR count). The zero-order valence-electron chi connectivity index (χ0n) is 18.7. The maximum atomic E-state index is 13.8. The van der Waals surface area contributed by atoms with E-state index in [4.69, 9.17) is 27.9 Å². The van der Waals surface area contributed by atoms with Gasteiger partial charge in [0.2, 0.25) is 0 Å². The highest BCUT2D eigenvalue weighted by Gasteiger charge is 2.36. The number of ether oxygens (including phenoxy) is 1. The van der Waals surface area contributed by atoms with Gasteiger partial charge in [-0.05, 0) is 55.0 Å². The third kappa shape index (κ3) is 5.40. The Morgan fingerprint density at radius 3 is 2.17 bits per heavy atom. The maximum Gasteiger partial charge on any atom is 0.417 e. The Morgan fingerprint density at radius 1 is 0.944 bits per heavy atom. The quantitative estimate of drug-likeness (QED) is 0.265. The molecule has 0 atom stereocenters. The lowest BCUT2D eigenvalue weighted by Gasteiger charge is -2.19. The van der Waals surface area contributed by atoms with E-state index in [2.05, 4.69) is 0 Å². The molecular formula is C27H17Cl2F3N2O2. The first-order chi connectivity index (χ1) is 17.1. The molecule has 182 valence electrons. The van der Waals surface area contributed by atoms with E-state index in [1.807, 2.05) is 19.1 Å². The van der Waals surface area contributed by atoms with Gasteiger partial charge in [-0.15, -0.1) is 0 Å². The third-order valence-electron chi connectivity index (χ3n) is 5.44. The first kappa shape index (κ1) is 25.4. The summed E-state index contributed by atoms with van der Waals surface area (Å²) >= 11 is 12.4. The van der Waals surface area contributed by atoms with Crippen molar-refractivity contribution in [2.45, 2.75) is 19.6 Å². The number of aryl methyl sites for hydroxylation is 1. The third-order valence-corrected chi connectivity index (χ3v) is 6.01. The average Bonchev–Trinajstić information content (AvgIpc) is 2.82. The summed E-state index contributed by atoms with van der Waals surface area (Å²) in [5.41, 5.74) is -1.59. The van der Waals surface area contributed by atoms with Crippen LogP contribution in [0.4, 0.5) is 13.2 Å². The van der Waals surface area contributed by atoms with Crippen molar-refractivity contribution in [3.8, 4) is 28.8 Å². The zero-order valence-corrected chi connectivity index (χ0v) is 20.2. The van der Waals surface area contributed by atoms with Gasteiger partial charge >= 0.3 is 6.18 Å². The van der Waals surface area contributed by atoms with Crippen LogP contribution in [-0.2, 0) is 12.7 Å². The van der Waals surface area contributed by atoms with E-state index < -0.39 is 22.9 Å². The van der Waals surface area contributed by atoms with Gasteiger partial charge in [-0.3, -0.25) is 4.79 Å². The van der Waals surface area contributed by atoms with Gasteiger partial charge in [-0.2, -0.15) is 18.4 Å². The Kier molecular flexibility index (Phi) is 7.11. The molecule has 36 heavy (non-hydrogen) atoms. The number of nitrogens with zero attached hydrogens (tertiary/aromatic N) is 2. The topological polar surface area (TPSA) is 55.0 Å². The lowest BCUT2D eigenvalue weighted by atomic mass is 10.0. The molecule has 0 radical (unpaired) electrons. The SMILES string of the molecule is Cc1ccc(Cn2c(-c3ccc(Oc4ccc(Cl)cc4)cc3Cl)cc(C(F)(F)F)c(C#N)c2=O)cc1.